The maximum absolute atomic E-state index is 5.75. The highest BCUT2D eigenvalue weighted by Crippen LogP contribution is 2.29. The number of aryl methyl sites for hydroxylation is 2. The molecule has 1 aromatic carbocycles. The zero-order valence-corrected chi connectivity index (χ0v) is 8.74. The summed E-state index contributed by atoms with van der Waals surface area (Å²) in [4.78, 5) is 0. The van der Waals surface area contributed by atoms with Crippen LogP contribution < -0.4 is 11.5 Å². The molecule has 0 saturated heterocycles. The fourth-order valence-electron chi connectivity index (χ4n) is 1.63. The third-order valence-corrected chi connectivity index (χ3v) is 2.41. The van der Waals surface area contributed by atoms with Crippen molar-refractivity contribution in [3.8, 4) is 11.1 Å². The van der Waals surface area contributed by atoms with Gasteiger partial charge in [0.05, 0.1) is 17.1 Å². The second kappa shape index (κ2) is 3.31. The second-order valence-electron chi connectivity index (χ2n) is 3.54. The molecule has 2 aromatic rings. The summed E-state index contributed by atoms with van der Waals surface area (Å²) < 4.78 is 5.10. The lowest BCUT2D eigenvalue weighted by molar-refractivity contribution is 0.393. The van der Waals surface area contributed by atoms with E-state index < -0.39 is 0 Å². The first kappa shape index (κ1) is 9.58. The first-order valence-corrected chi connectivity index (χ1v) is 4.68. The molecule has 0 aliphatic carbocycles. The number of aromatic nitrogens is 1. The Morgan fingerprint density at radius 2 is 1.87 bits per heavy atom. The number of nitrogens with two attached hydrogens (primary N) is 2. The standard InChI is InChI=1S/C11H13N3O/c1-6-11(7(2)15-14-6)8-3-4-9(12)10(13)5-8/h3-5H,12-13H2,1-2H3. The van der Waals surface area contributed by atoms with Crippen molar-refractivity contribution in [2.75, 3.05) is 11.5 Å². The molecule has 0 amide bonds. The molecule has 4 N–H and O–H groups in total. The van der Waals surface area contributed by atoms with Crippen LogP contribution in [0.1, 0.15) is 11.5 Å². The number of benzene rings is 1. The van der Waals surface area contributed by atoms with Gasteiger partial charge in [0.15, 0.2) is 0 Å². The molecule has 1 heterocycles. The van der Waals surface area contributed by atoms with Gasteiger partial charge in [0, 0.05) is 5.56 Å². The quantitative estimate of drug-likeness (QED) is 0.696. The van der Waals surface area contributed by atoms with Crippen LogP contribution in [-0.4, -0.2) is 5.16 Å². The highest BCUT2D eigenvalue weighted by atomic mass is 16.5. The van der Waals surface area contributed by atoms with Crippen LogP contribution in [0.4, 0.5) is 11.4 Å². The Hall–Kier alpha value is -1.97. The van der Waals surface area contributed by atoms with Crippen molar-refractivity contribution >= 4 is 11.4 Å². The topological polar surface area (TPSA) is 78.1 Å². The largest absolute Gasteiger partial charge is 0.397 e. The molecule has 78 valence electrons. The first-order chi connectivity index (χ1) is 7.09. The van der Waals surface area contributed by atoms with Crippen molar-refractivity contribution in [2.45, 2.75) is 13.8 Å². The van der Waals surface area contributed by atoms with Crippen molar-refractivity contribution in [3.05, 3.63) is 29.7 Å². The Kier molecular flexibility index (Phi) is 2.11. The van der Waals surface area contributed by atoms with Crippen molar-refractivity contribution < 1.29 is 4.52 Å². The summed E-state index contributed by atoms with van der Waals surface area (Å²) in [7, 11) is 0. The molecule has 0 aliphatic rings. The second-order valence-corrected chi connectivity index (χ2v) is 3.54. The van der Waals surface area contributed by atoms with Gasteiger partial charge in [0.2, 0.25) is 0 Å². The number of rotatable bonds is 1. The Labute approximate surface area is 87.9 Å². The molecule has 0 spiro atoms. The van der Waals surface area contributed by atoms with Crippen LogP contribution in [0, 0.1) is 13.8 Å². The molecule has 4 nitrogen and oxygen atoms in total. The van der Waals surface area contributed by atoms with E-state index >= 15 is 0 Å². The van der Waals surface area contributed by atoms with Gasteiger partial charge < -0.3 is 16.0 Å². The summed E-state index contributed by atoms with van der Waals surface area (Å²) in [6.07, 6.45) is 0. The van der Waals surface area contributed by atoms with Crippen molar-refractivity contribution in [2.24, 2.45) is 0 Å². The predicted molar refractivity (Wildman–Crippen MR) is 60.2 cm³/mol. The van der Waals surface area contributed by atoms with Crippen molar-refractivity contribution in [1.29, 1.82) is 0 Å². The van der Waals surface area contributed by atoms with Crippen molar-refractivity contribution in [1.82, 2.24) is 5.16 Å². The SMILES string of the molecule is Cc1noc(C)c1-c1ccc(N)c(N)c1. The molecule has 0 aliphatic heterocycles. The summed E-state index contributed by atoms with van der Waals surface area (Å²) in [5.74, 6) is 0.789. The van der Waals surface area contributed by atoms with E-state index in [9.17, 15) is 0 Å². The molecular formula is C11H13N3O. The monoisotopic (exact) mass is 203 g/mol. The number of nitrogen functional groups attached to an aromatic ring is 2. The van der Waals surface area contributed by atoms with E-state index in [0.29, 0.717) is 11.4 Å². The Bertz CT molecular complexity index is 483. The van der Waals surface area contributed by atoms with Gasteiger partial charge in [-0.3, -0.25) is 0 Å². The molecular weight excluding hydrogens is 190 g/mol. The van der Waals surface area contributed by atoms with E-state index in [-0.39, 0.29) is 0 Å². The molecule has 0 atom stereocenters. The summed E-state index contributed by atoms with van der Waals surface area (Å²) in [5.41, 5.74) is 15.4. The van der Waals surface area contributed by atoms with Crippen LogP contribution >= 0.6 is 0 Å². The van der Waals surface area contributed by atoms with Crippen LogP contribution in [0.3, 0.4) is 0 Å². The molecule has 0 radical (unpaired) electrons. The lowest BCUT2D eigenvalue weighted by Gasteiger charge is -2.04. The normalized spacial score (nSPS) is 10.5. The highest BCUT2D eigenvalue weighted by molar-refractivity contribution is 5.76. The molecule has 15 heavy (non-hydrogen) atoms. The van der Waals surface area contributed by atoms with E-state index in [2.05, 4.69) is 5.16 Å². The molecule has 1 aromatic heterocycles. The number of hydrogen-bond acceptors (Lipinski definition) is 4. The third-order valence-electron chi connectivity index (χ3n) is 2.41. The minimum atomic E-state index is 0.576. The molecule has 0 unspecified atom stereocenters. The summed E-state index contributed by atoms with van der Waals surface area (Å²) in [6, 6.07) is 5.54. The fraction of sp³-hybridized carbons (Fsp3) is 0.182. The van der Waals surface area contributed by atoms with E-state index in [1.165, 1.54) is 0 Å². The number of nitrogens with zero attached hydrogens (tertiary/aromatic N) is 1. The number of hydrogen-bond donors (Lipinski definition) is 2. The molecule has 0 fully saturated rings. The zero-order valence-electron chi connectivity index (χ0n) is 8.74. The van der Waals surface area contributed by atoms with Crippen LogP contribution in [0.25, 0.3) is 11.1 Å². The lowest BCUT2D eigenvalue weighted by Crippen LogP contribution is -1.94. The fourth-order valence-corrected chi connectivity index (χ4v) is 1.63. The Morgan fingerprint density at radius 1 is 1.13 bits per heavy atom. The van der Waals surface area contributed by atoms with Gasteiger partial charge in [0.1, 0.15) is 5.76 Å². The predicted octanol–water partition coefficient (Wildman–Crippen LogP) is 2.12. The van der Waals surface area contributed by atoms with Gasteiger partial charge >= 0.3 is 0 Å². The third kappa shape index (κ3) is 1.54. The van der Waals surface area contributed by atoms with Gasteiger partial charge in [-0.05, 0) is 31.5 Å². The van der Waals surface area contributed by atoms with Gasteiger partial charge in [-0.2, -0.15) is 0 Å². The van der Waals surface area contributed by atoms with Crippen molar-refractivity contribution in [3.63, 3.8) is 0 Å². The van der Waals surface area contributed by atoms with E-state index in [0.717, 1.165) is 22.6 Å². The maximum Gasteiger partial charge on any atom is 0.141 e. The van der Waals surface area contributed by atoms with Gasteiger partial charge in [-0.1, -0.05) is 11.2 Å². The molecule has 4 heteroatoms. The van der Waals surface area contributed by atoms with Gasteiger partial charge in [0.25, 0.3) is 0 Å². The van der Waals surface area contributed by atoms with E-state index in [1.807, 2.05) is 26.0 Å². The molecule has 0 saturated carbocycles. The lowest BCUT2D eigenvalue weighted by atomic mass is 10.0. The summed E-state index contributed by atoms with van der Waals surface area (Å²) in [5, 5.41) is 3.90. The van der Waals surface area contributed by atoms with Crippen LogP contribution in [-0.2, 0) is 0 Å². The highest BCUT2D eigenvalue weighted by Gasteiger charge is 2.11. The average molecular weight is 203 g/mol. The van der Waals surface area contributed by atoms with Crippen LogP contribution in [0.15, 0.2) is 22.7 Å². The maximum atomic E-state index is 5.75. The van der Waals surface area contributed by atoms with Gasteiger partial charge in [-0.25, -0.2) is 0 Å². The summed E-state index contributed by atoms with van der Waals surface area (Å²) in [6.45, 7) is 3.78. The minimum absolute atomic E-state index is 0.576. The number of anilines is 2. The van der Waals surface area contributed by atoms with Gasteiger partial charge in [-0.15, -0.1) is 0 Å². The smallest absolute Gasteiger partial charge is 0.141 e. The Morgan fingerprint density at radius 3 is 2.40 bits per heavy atom. The average Bonchev–Trinajstić information content (AvgIpc) is 2.52. The van der Waals surface area contributed by atoms with Crippen LogP contribution in [0.2, 0.25) is 0 Å². The van der Waals surface area contributed by atoms with E-state index in [1.54, 1.807) is 6.07 Å². The Balaban J connectivity index is 2.59. The summed E-state index contributed by atoms with van der Waals surface area (Å²) >= 11 is 0. The molecule has 2 rings (SSSR count). The first-order valence-electron chi connectivity index (χ1n) is 4.68. The van der Waals surface area contributed by atoms with Crippen LogP contribution in [0.5, 0.6) is 0 Å². The molecule has 0 bridgehead atoms. The van der Waals surface area contributed by atoms with E-state index in [4.69, 9.17) is 16.0 Å². The zero-order chi connectivity index (χ0) is 11.0. The minimum Gasteiger partial charge on any atom is -0.397 e.